The van der Waals surface area contributed by atoms with Crippen molar-refractivity contribution < 1.29 is 27.5 Å². The number of anilines is 1. The van der Waals surface area contributed by atoms with Crippen LogP contribution < -0.4 is 10.6 Å². The van der Waals surface area contributed by atoms with Gasteiger partial charge in [-0.3, -0.25) is 0 Å². The molecule has 9 heteroatoms. The predicted octanol–water partition coefficient (Wildman–Crippen LogP) is 0.956. The van der Waals surface area contributed by atoms with Crippen LogP contribution in [-0.4, -0.2) is 37.3 Å². The van der Waals surface area contributed by atoms with E-state index >= 15 is 0 Å². The zero-order valence-corrected chi connectivity index (χ0v) is 11.4. The Morgan fingerprint density at radius 1 is 1.33 bits per heavy atom. The van der Waals surface area contributed by atoms with Crippen molar-refractivity contribution in [3.05, 3.63) is 41.1 Å². The van der Waals surface area contributed by atoms with E-state index in [2.05, 4.69) is 10.6 Å². The van der Waals surface area contributed by atoms with E-state index in [0.29, 0.717) is 0 Å². The Morgan fingerprint density at radius 2 is 2.05 bits per heavy atom. The largest absolute Gasteiger partial charge is 0.478 e. The summed E-state index contributed by atoms with van der Waals surface area (Å²) in [5.74, 6) is -2.62. The van der Waals surface area contributed by atoms with Crippen LogP contribution in [0.15, 0.2) is 29.7 Å². The van der Waals surface area contributed by atoms with Gasteiger partial charge in [0.05, 0.1) is 17.4 Å². The van der Waals surface area contributed by atoms with Gasteiger partial charge in [-0.05, 0) is 24.3 Å². The maximum absolute atomic E-state index is 13.4. The first-order valence-corrected chi connectivity index (χ1v) is 7.50. The number of benzene rings is 1. The molecule has 1 unspecified atom stereocenters. The fourth-order valence-electron chi connectivity index (χ4n) is 1.77. The van der Waals surface area contributed by atoms with Crippen molar-refractivity contribution >= 4 is 27.5 Å². The fraction of sp³-hybridized carbons (Fsp3) is 0.167. The van der Waals surface area contributed by atoms with Crippen LogP contribution in [0.3, 0.4) is 0 Å². The van der Waals surface area contributed by atoms with Gasteiger partial charge in [-0.25, -0.2) is 22.4 Å². The number of carbonyl (C=O) groups excluding carboxylic acids is 1. The molecule has 0 radical (unpaired) electrons. The summed E-state index contributed by atoms with van der Waals surface area (Å²) >= 11 is 0. The zero-order valence-electron chi connectivity index (χ0n) is 10.5. The van der Waals surface area contributed by atoms with E-state index in [1.807, 2.05) is 0 Å². The Labute approximate surface area is 119 Å². The van der Waals surface area contributed by atoms with E-state index in [9.17, 15) is 22.4 Å². The van der Waals surface area contributed by atoms with Crippen LogP contribution in [-0.2, 0) is 9.84 Å². The van der Waals surface area contributed by atoms with Crippen LogP contribution in [0.2, 0.25) is 0 Å². The fourth-order valence-corrected chi connectivity index (χ4v) is 3.00. The summed E-state index contributed by atoms with van der Waals surface area (Å²) in [4.78, 5) is 22.3. The van der Waals surface area contributed by atoms with Crippen molar-refractivity contribution in [1.82, 2.24) is 5.32 Å². The number of aromatic carboxylic acids is 1. The lowest BCUT2D eigenvalue weighted by atomic mass is 10.2. The minimum absolute atomic E-state index is 0.0554. The van der Waals surface area contributed by atoms with E-state index in [-0.39, 0.29) is 11.4 Å². The van der Waals surface area contributed by atoms with Crippen molar-refractivity contribution in [2.75, 3.05) is 11.1 Å². The Morgan fingerprint density at radius 3 is 2.57 bits per heavy atom. The van der Waals surface area contributed by atoms with Crippen molar-refractivity contribution in [3.63, 3.8) is 0 Å². The van der Waals surface area contributed by atoms with Crippen LogP contribution >= 0.6 is 0 Å². The predicted molar refractivity (Wildman–Crippen MR) is 72.2 cm³/mol. The highest BCUT2D eigenvalue weighted by Crippen LogP contribution is 2.15. The van der Waals surface area contributed by atoms with Gasteiger partial charge in [0, 0.05) is 11.1 Å². The van der Waals surface area contributed by atoms with Gasteiger partial charge in [0.2, 0.25) is 0 Å². The lowest BCUT2D eigenvalue weighted by molar-refractivity contribution is 0.0692. The summed E-state index contributed by atoms with van der Waals surface area (Å²) in [7, 11) is -3.28. The second kappa shape index (κ2) is 5.52. The highest BCUT2D eigenvalue weighted by Gasteiger charge is 2.23. The van der Waals surface area contributed by atoms with Crippen LogP contribution in [0.4, 0.5) is 14.9 Å². The molecule has 1 aromatic carbocycles. The first kappa shape index (κ1) is 15.0. The molecule has 0 saturated carbocycles. The Kier molecular flexibility index (Phi) is 3.94. The van der Waals surface area contributed by atoms with Gasteiger partial charge in [-0.2, -0.15) is 0 Å². The molecule has 2 amide bonds. The van der Waals surface area contributed by atoms with Gasteiger partial charge >= 0.3 is 12.0 Å². The zero-order chi connectivity index (χ0) is 15.6. The van der Waals surface area contributed by atoms with Crippen LogP contribution in [0.5, 0.6) is 0 Å². The minimum atomic E-state index is -3.28. The molecule has 112 valence electrons. The van der Waals surface area contributed by atoms with E-state index < -0.39 is 39.3 Å². The summed E-state index contributed by atoms with van der Waals surface area (Å²) in [6, 6.07) is 1.74. The van der Waals surface area contributed by atoms with Crippen LogP contribution in [0, 0.1) is 5.82 Å². The highest BCUT2D eigenvalue weighted by atomic mass is 32.2. The second-order valence-electron chi connectivity index (χ2n) is 4.36. The molecule has 1 aliphatic rings. The van der Waals surface area contributed by atoms with Crippen LogP contribution in [0.25, 0.3) is 0 Å². The molecule has 1 heterocycles. The third-order valence-corrected chi connectivity index (χ3v) is 4.10. The summed E-state index contributed by atoms with van der Waals surface area (Å²) in [5.41, 5.74) is -0.453. The van der Waals surface area contributed by atoms with Crippen molar-refractivity contribution in [3.8, 4) is 0 Å². The maximum Gasteiger partial charge on any atom is 0.338 e. The molecule has 1 aromatic rings. The number of sulfone groups is 1. The summed E-state index contributed by atoms with van der Waals surface area (Å²) in [5, 5.41) is 14.4. The minimum Gasteiger partial charge on any atom is -0.478 e. The number of urea groups is 1. The standard InChI is InChI=1S/C12H11FN2O5S/c13-10-5-7(1-2-9(10)11(16)17)14-12(18)15-8-3-4-21(19,20)6-8/h1-5,8H,6H2,(H,16,17)(H2,14,15,18). The average Bonchev–Trinajstić information content (AvgIpc) is 2.67. The highest BCUT2D eigenvalue weighted by molar-refractivity contribution is 7.94. The summed E-state index contributed by atoms with van der Waals surface area (Å²) in [6.07, 6.45) is 1.34. The van der Waals surface area contributed by atoms with E-state index in [4.69, 9.17) is 5.11 Å². The number of carbonyl (C=O) groups is 2. The molecule has 0 bridgehead atoms. The van der Waals surface area contributed by atoms with E-state index in [1.165, 1.54) is 12.1 Å². The van der Waals surface area contributed by atoms with Gasteiger partial charge in [0.15, 0.2) is 9.84 Å². The third kappa shape index (κ3) is 3.78. The maximum atomic E-state index is 13.4. The lowest BCUT2D eigenvalue weighted by Gasteiger charge is -2.11. The molecule has 0 fully saturated rings. The van der Waals surface area contributed by atoms with Crippen LogP contribution in [0.1, 0.15) is 10.4 Å². The third-order valence-electron chi connectivity index (χ3n) is 2.70. The lowest BCUT2D eigenvalue weighted by Crippen LogP contribution is -2.38. The van der Waals surface area contributed by atoms with Crippen molar-refractivity contribution in [2.24, 2.45) is 0 Å². The SMILES string of the molecule is O=C(Nc1ccc(C(=O)O)c(F)c1)NC1C=CS(=O)(=O)C1. The number of amides is 2. The molecular weight excluding hydrogens is 303 g/mol. The Bertz CT molecular complexity index is 729. The molecule has 0 saturated heterocycles. The van der Waals surface area contributed by atoms with Crippen molar-refractivity contribution in [1.29, 1.82) is 0 Å². The van der Waals surface area contributed by atoms with Gasteiger partial charge in [0.1, 0.15) is 5.82 Å². The number of carboxylic acid groups (broad SMARTS) is 1. The molecule has 7 nitrogen and oxygen atoms in total. The summed E-state index contributed by atoms with van der Waals surface area (Å²) < 4.78 is 35.7. The topological polar surface area (TPSA) is 113 Å². The number of nitrogens with one attached hydrogen (secondary N) is 2. The van der Waals surface area contributed by atoms with Gasteiger partial charge < -0.3 is 15.7 Å². The first-order chi connectivity index (χ1) is 9.77. The monoisotopic (exact) mass is 314 g/mol. The van der Waals surface area contributed by atoms with Gasteiger partial charge in [-0.1, -0.05) is 0 Å². The smallest absolute Gasteiger partial charge is 0.338 e. The molecule has 3 N–H and O–H groups in total. The van der Waals surface area contributed by atoms with E-state index in [1.54, 1.807) is 0 Å². The second-order valence-corrected chi connectivity index (χ2v) is 6.29. The Hall–Kier alpha value is -2.42. The number of rotatable bonds is 3. The number of halogens is 1. The number of hydrogen-bond donors (Lipinski definition) is 3. The quantitative estimate of drug-likeness (QED) is 0.769. The number of hydrogen-bond acceptors (Lipinski definition) is 4. The Balaban J connectivity index is 1.99. The molecule has 21 heavy (non-hydrogen) atoms. The molecule has 1 atom stereocenters. The van der Waals surface area contributed by atoms with Gasteiger partial charge in [0.25, 0.3) is 0 Å². The summed E-state index contributed by atoms with van der Waals surface area (Å²) in [6.45, 7) is 0. The molecule has 0 aliphatic carbocycles. The normalized spacial score (nSPS) is 19.2. The van der Waals surface area contributed by atoms with Gasteiger partial charge in [-0.15, -0.1) is 0 Å². The average molecular weight is 314 g/mol. The number of carboxylic acids is 1. The molecule has 0 spiro atoms. The molecule has 2 rings (SSSR count). The van der Waals surface area contributed by atoms with E-state index in [0.717, 1.165) is 17.5 Å². The van der Waals surface area contributed by atoms with Crippen molar-refractivity contribution in [2.45, 2.75) is 6.04 Å². The first-order valence-electron chi connectivity index (χ1n) is 5.78. The molecule has 0 aromatic heterocycles. The molecule has 1 aliphatic heterocycles. The molecular formula is C12H11FN2O5S.